The normalized spacial score (nSPS) is 19.5. The van der Waals surface area contributed by atoms with E-state index in [0.717, 1.165) is 16.2 Å². The van der Waals surface area contributed by atoms with Crippen LogP contribution in [0.2, 0.25) is 0 Å². The maximum atomic E-state index is 13.9. The topological polar surface area (TPSA) is 76.5 Å². The predicted octanol–water partition coefficient (Wildman–Crippen LogP) is 3.37. The average molecular weight is 388 g/mol. The second kappa shape index (κ2) is 7.61. The zero-order chi connectivity index (χ0) is 20.5. The van der Waals surface area contributed by atoms with Gasteiger partial charge in [-0.15, -0.1) is 0 Å². The fraction of sp³-hybridized carbons (Fsp3) is 0.450. The molecule has 0 unspecified atom stereocenters. The van der Waals surface area contributed by atoms with E-state index in [1.54, 1.807) is 37.6 Å². The Morgan fingerprint density at radius 3 is 2.46 bits per heavy atom. The van der Waals surface area contributed by atoms with Crippen LogP contribution in [-0.4, -0.2) is 51.0 Å². The van der Waals surface area contributed by atoms with Crippen molar-refractivity contribution in [1.29, 1.82) is 0 Å². The Morgan fingerprint density at radius 2 is 1.89 bits per heavy atom. The standard InChI is InChI=1S/C20H25FN4O3/c1-20(2,3)28-19(27)25-12-14(21)11-17(25)18(26)22-15-7-5-13(6-8-15)16-9-10-24(4)23-16/h5-10,14,17H,11-12H2,1-4H3,(H,22,26)/t14-,17+/m0/s1. The first-order valence-corrected chi connectivity index (χ1v) is 9.17. The number of anilines is 1. The minimum absolute atomic E-state index is 0.0445. The summed E-state index contributed by atoms with van der Waals surface area (Å²) in [6.07, 6.45) is -0.131. The summed E-state index contributed by atoms with van der Waals surface area (Å²) in [5.74, 6) is -0.434. The summed E-state index contributed by atoms with van der Waals surface area (Å²) in [7, 11) is 1.84. The molecule has 2 amide bonds. The highest BCUT2D eigenvalue weighted by Gasteiger charge is 2.41. The molecule has 1 aromatic carbocycles. The molecule has 2 heterocycles. The van der Waals surface area contributed by atoms with E-state index in [2.05, 4.69) is 10.4 Å². The van der Waals surface area contributed by atoms with E-state index in [1.165, 1.54) is 0 Å². The molecule has 2 atom stereocenters. The summed E-state index contributed by atoms with van der Waals surface area (Å²) in [6, 6.07) is 8.18. The van der Waals surface area contributed by atoms with Gasteiger partial charge in [-0.1, -0.05) is 12.1 Å². The highest BCUT2D eigenvalue weighted by atomic mass is 19.1. The second-order valence-electron chi connectivity index (χ2n) is 7.92. The lowest BCUT2D eigenvalue weighted by Crippen LogP contribution is -2.45. The third-order valence-corrected chi connectivity index (χ3v) is 4.34. The number of likely N-dealkylation sites (tertiary alicyclic amines) is 1. The lowest BCUT2D eigenvalue weighted by Gasteiger charge is -2.27. The summed E-state index contributed by atoms with van der Waals surface area (Å²) in [5.41, 5.74) is 1.59. The van der Waals surface area contributed by atoms with Crippen molar-refractivity contribution in [2.24, 2.45) is 7.05 Å². The molecule has 0 aliphatic carbocycles. The first kappa shape index (κ1) is 19.9. The van der Waals surface area contributed by atoms with Crippen molar-refractivity contribution in [3.63, 3.8) is 0 Å². The van der Waals surface area contributed by atoms with Gasteiger partial charge in [0.05, 0.1) is 12.2 Å². The van der Waals surface area contributed by atoms with Gasteiger partial charge in [-0.2, -0.15) is 5.10 Å². The maximum absolute atomic E-state index is 13.9. The van der Waals surface area contributed by atoms with Crippen LogP contribution in [0.25, 0.3) is 11.3 Å². The van der Waals surface area contributed by atoms with Crippen molar-refractivity contribution >= 4 is 17.7 Å². The van der Waals surface area contributed by atoms with Gasteiger partial charge in [0.1, 0.15) is 17.8 Å². The smallest absolute Gasteiger partial charge is 0.411 e. The van der Waals surface area contributed by atoms with Gasteiger partial charge in [-0.25, -0.2) is 9.18 Å². The van der Waals surface area contributed by atoms with Crippen LogP contribution in [0.4, 0.5) is 14.9 Å². The number of benzene rings is 1. The van der Waals surface area contributed by atoms with Crippen LogP contribution in [0.3, 0.4) is 0 Å². The van der Waals surface area contributed by atoms with Crippen molar-refractivity contribution in [3.8, 4) is 11.3 Å². The van der Waals surface area contributed by atoms with E-state index in [-0.39, 0.29) is 13.0 Å². The van der Waals surface area contributed by atoms with E-state index in [9.17, 15) is 14.0 Å². The first-order chi connectivity index (χ1) is 13.1. The summed E-state index contributed by atoms with van der Waals surface area (Å²) < 4.78 is 20.9. The number of rotatable bonds is 3. The number of nitrogens with zero attached hydrogens (tertiary/aromatic N) is 3. The third kappa shape index (κ3) is 4.68. The van der Waals surface area contributed by atoms with Gasteiger partial charge in [-0.3, -0.25) is 14.4 Å². The van der Waals surface area contributed by atoms with Gasteiger partial charge in [-0.05, 0) is 39.0 Å². The van der Waals surface area contributed by atoms with Crippen LogP contribution in [0.5, 0.6) is 0 Å². The number of carbonyl (C=O) groups is 2. The molecule has 1 N–H and O–H groups in total. The minimum atomic E-state index is -1.25. The number of alkyl halides is 1. The largest absolute Gasteiger partial charge is 0.444 e. The Hall–Kier alpha value is -2.90. The Kier molecular flexibility index (Phi) is 5.40. The summed E-state index contributed by atoms with van der Waals surface area (Å²) in [5, 5.41) is 7.09. The third-order valence-electron chi connectivity index (χ3n) is 4.34. The number of hydrogen-bond donors (Lipinski definition) is 1. The Morgan fingerprint density at radius 1 is 1.21 bits per heavy atom. The molecule has 0 saturated carbocycles. The van der Waals surface area contributed by atoms with Gasteiger partial charge in [0, 0.05) is 30.9 Å². The van der Waals surface area contributed by atoms with E-state index in [0.29, 0.717) is 5.69 Å². The summed E-state index contributed by atoms with van der Waals surface area (Å²) in [6.45, 7) is 5.04. The van der Waals surface area contributed by atoms with Crippen molar-refractivity contribution < 1.29 is 18.7 Å². The number of aryl methyl sites for hydroxylation is 1. The average Bonchev–Trinajstić information content (AvgIpc) is 3.20. The number of aromatic nitrogens is 2. The van der Waals surface area contributed by atoms with Crippen LogP contribution in [0.1, 0.15) is 27.2 Å². The fourth-order valence-corrected chi connectivity index (χ4v) is 3.07. The highest BCUT2D eigenvalue weighted by Crippen LogP contribution is 2.25. The molecule has 150 valence electrons. The molecule has 7 nitrogen and oxygen atoms in total. The van der Waals surface area contributed by atoms with Crippen molar-refractivity contribution in [3.05, 3.63) is 36.5 Å². The molecule has 3 rings (SSSR count). The van der Waals surface area contributed by atoms with Crippen molar-refractivity contribution in [2.45, 2.75) is 45.0 Å². The molecule has 1 aliphatic rings. The molecule has 8 heteroatoms. The zero-order valence-corrected chi connectivity index (χ0v) is 16.5. The summed E-state index contributed by atoms with van der Waals surface area (Å²) >= 11 is 0. The molecule has 0 bridgehead atoms. The lowest BCUT2D eigenvalue weighted by atomic mass is 10.1. The first-order valence-electron chi connectivity index (χ1n) is 9.17. The molecule has 1 saturated heterocycles. The summed E-state index contributed by atoms with van der Waals surface area (Å²) in [4.78, 5) is 26.1. The quantitative estimate of drug-likeness (QED) is 0.875. The van der Waals surface area contributed by atoms with Crippen LogP contribution in [0, 0.1) is 0 Å². The molecule has 28 heavy (non-hydrogen) atoms. The number of ether oxygens (including phenoxy) is 1. The van der Waals surface area contributed by atoms with Crippen LogP contribution >= 0.6 is 0 Å². The SMILES string of the molecule is Cn1ccc(-c2ccc(NC(=O)[C@H]3C[C@H](F)CN3C(=O)OC(C)(C)C)cc2)n1. The highest BCUT2D eigenvalue weighted by molar-refractivity contribution is 5.97. The fourth-order valence-electron chi connectivity index (χ4n) is 3.07. The zero-order valence-electron chi connectivity index (χ0n) is 16.5. The molecule has 0 radical (unpaired) electrons. The molecular formula is C20H25FN4O3. The van der Waals surface area contributed by atoms with Crippen LogP contribution in [0.15, 0.2) is 36.5 Å². The monoisotopic (exact) mass is 388 g/mol. The van der Waals surface area contributed by atoms with E-state index < -0.39 is 29.8 Å². The van der Waals surface area contributed by atoms with Crippen molar-refractivity contribution in [2.75, 3.05) is 11.9 Å². The van der Waals surface area contributed by atoms with Gasteiger partial charge in [0.15, 0.2) is 0 Å². The number of carbonyl (C=O) groups excluding carboxylic acids is 2. The lowest BCUT2D eigenvalue weighted by molar-refractivity contribution is -0.120. The van der Waals surface area contributed by atoms with Crippen LogP contribution in [-0.2, 0) is 16.6 Å². The van der Waals surface area contributed by atoms with Gasteiger partial charge >= 0.3 is 6.09 Å². The molecule has 1 aromatic heterocycles. The van der Waals surface area contributed by atoms with Crippen LogP contribution < -0.4 is 5.32 Å². The van der Waals surface area contributed by atoms with Gasteiger partial charge in [0.25, 0.3) is 0 Å². The van der Waals surface area contributed by atoms with Gasteiger partial charge < -0.3 is 10.1 Å². The van der Waals surface area contributed by atoms with E-state index in [1.807, 2.05) is 31.4 Å². The van der Waals surface area contributed by atoms with E-state index >= 15 is 0 Å². The number of hydrogen-bond acceptors (Lipinski definition) is 4. The maximum Gasteiger partial charge on any atom is 0.411 e. The number of amides is 2. The van der Waals surface area contributed by atoms with E-state index in [4.69, 9.17) is 4.74 Å². The van der Waals surface area contributed by atoms with Crippen molar-refractivity contribution in [1.82, 2.24) is 14.7 Å². The Labute approximate surface area is 163 Å². The second-order valence-corrected chi connectivity index (χ2v) is 7.92. The molecule has 2 aromatic rings. The molecular weight excluding hydrogens is 363 g/mol. The number of halogens is 1. The predicted molar refractivity (Wildman–Crippen MR) is 104 cm³/mol. The number of nitrogens with one attached hydrogen (secondary N) is 1. The molecule has 1 fully saturated rings. The minimum Gasteiger partial charge on any atom is -0.444 e. The Balaban J connectivity index is 1.68. The Bertz CT molecular complexity index is 857. The molecule has 0 spiro atoms. The molecule has 1 aliphatic heterocycles. The van der Waals surface area contributed by atoms with Gasteiger partial charge in [0.2, 0.25) is 5.91 Å².